The number of allylic oxidation sites excluding steroid dienone is 2. The monoisotopic (exact) mass is 510 g/mol. The zero-order valence-electron chi connectivity index (χ0n) is 24.9. The van der Waals surface area contributed by atoms with Crippen LogP contribution in [0.2, 0.25) is 0 Å². The molecule has 1 heteroatoms. The Hall–Kier alpha value is -0.560. The number of rotatable bonds is 12. The van der Waals surface area contributed by atoms with Crippen molar-refractivity contribution in [2.45, 2.75) is 142 Å². The van der Waals surface area contributed by atoms with E-state index in [9.17, 15) is 0 Å². The summed E-state index contributed by atoms with van der Waals surface area (Å²) in [6, 6.07) is 0. The van der Waals surface area contributed by atoms with Crippen molar-refractivity contribution in [3.8, 4) is 0 Å². The highest BCUT2D eigenvalue weighted by Gasteiger charge is 2.32. The molecule has 4 atom stereocenters. The molecule has 4 aliphatic rings. The standard InChI is InChI=1S/C36H62O/c1-3-9-31-11-5-15-35(27-31)33-21-17-29(18-22-33)13-7-25-37-26-8-14-30-19-23-34(24-20-30)36-16-6-12-32(28-36)10-4-2/h7-8,13-14,29-36H,3-6,9-12,15-28H2,1-2H3/b13-7+,14-8+/t29?,30?,31-,32-,33?,34?,35-,36-/m1/s1. The third-order valence-corrected chi connectivity index (χ3v) is 11.3. The van der Waals surface area contributed by atoms with Gasteiger partial charge in [-0.1, -0.05) is 102 Å². The molecular formula is C36H62O. The van der Waals surface area contributed by atoms with Gasteiger partial charge in [0.15, 0.2) is 0 Å². The van der Waals surface area contributed by atoms with E-state index in [0.717, 1.165) is 60.6 Å². The molecule has 4 fully saturated rings. The summed E-state index contributed by atoms with van der Waals surface area (Å²) in [5, 5.41) is 0. The molecule has 0 aromatic carbocycles. The molecule has 0 N–H and O–H groups in total. The van der Waals surface area contributed by atoms with Gasteiger partial charge in [-0.05, 0) is 112 Å². The fourth-order valence-electron chi connectivity index (χ4n) is 9.18. The number of hydrogen-bond donors (Lipinski definition) is 0. The topological polar surface area (TPSA) is 9.23 Å². The van der Waals surface area contributed by atoms with E-state index in [2.05, 4.69) is 38.2 Å². The molecule has 0 aromatic heterocycles. The van der Waals surface area contributed by atoms with Crippen LogP contribution in [0.25, 0.3) is 0 Å². The molecule has 0 amide bonds. The third-order valence-electron chi connectivity index (χ3n) is 11.3. The van der Waals surface area contributed by atoms with Crippen molar-refractivity contribution in [3.63, 3.8) is 0 Å². The lowest BCUT2D eigenvalue weighted by Crippen LogP contribution is -2.26. The van der Waals surface area contributed by atoms with Gasteiger partial charge >= 0.3 is 0 Å². The Morgan fingerprint density at radius 3 is 1.35 bits per heavy atom. The van der Waals surface area contributed by atoms with Crippen molar-refractivity contribution < 1.29 is 4.74 Å². The van der Waals surface area contributed by atoms with Crippen LogP contribution in [0.1, 0.15) is 142 Å². The van der Waals surface area contributed by atoms with E-state index in [0.29, 0.717) is 0 Å². The van der Waals surface area contributed by atoms with Crippen LogP contribution in [0.4, 0.5) is 0 Å². The summed E-state index contributed by atoms with van der Waals surface area (Å²) in [6.07, 6.45) is 39.1. The first-order chi connectivity index (χ1) is 18.2. The van der Waals surface area contributed by atoms with E-state index in [1.165, 1.54) is 116 Å². The molecule has 0 saturated heterocycles. The fraction of sp³-hybridized carbons (Fsp3) is 0.889. The van der Waals surface area contributed by atoms with Gasteiger partial charge in [-0.2, -0.15) is 0 Å². The van der Waals surface area contributed by atoms with Gasteiger partial charge in [0.25, 0.3) is 0 Å². The highest BCUT2D eigenvalue weighted by molar-refractivity contribution is 4.95. The predicted octanol–water partition coefficient (Wildman–Crippen LogP) is 10.9. The minimum Gasteiger partial charge on any atom is -0.373 e. The predicted molar refractivity (Wildman–Crippen MR) is 161 cm³/mol. The zero-order chi connectivity index (χ0) is 25.7. The summed E-state index contributed by atoms with van der Waals surface area (Å²) < 4.78 is 5.94. The van der Waals surface area contributed by atoms with E-state index in [1.807, 2.05) is 0 Å². The van der Waals surface area contributed by atoms with E-state index >= 15 is 0 Å². The lowest BCUT2D eigenvalue weighted by Gasteiger charge is -2.38. The fourth-order valence-corrected chi connectivity index (χ4v) is 9.18. The van der Waals surface area contributed by atoms with Crippen LogP contribution in [0.15, 0.2) is 24.3 Å². The van der Waals surface area contributed by atoms with Crippen LogP contribution in [0.5, 0.6) is 0 Å². The van der Waals surface area contributed by atoms with E-state index in [1.54, 1.807) is 12.8 Å². The van der Waals surface area contributed by atoms with Crippen LogP contribution in [-0.4, -0.2) is 13.2 Å². The molecule has 4 saturated carbocycles. The summed E-state index contributed by atoms with van der Waals surface area (Å²) in [5.74, 6) is 7.86. The van der Waals surface area contributed by atoms with Crippen molar-refractivity contribution in [2.24, 2.45) is 47.3 Å². The summed E-state index contributed by atoms with van der Waals surface area (Å²) in [7, 11) is 0. The van der Waals surface area contributed by atoms with Crippen LogP contribution in [0.3, 0.4) is 0 Å². The SMILES string of the molecule is CCC[C@@H]1CCC[C@@H](C2CCC(/C=C/COC/C=C/C3CCC([C@@H]4CCC[C@@H](CCC)C4)CC3)CC2)C1. The Bertz CT molecular complexity index is 588. The molecule has 4 aliphatic carbocycles. The Morgan fingerprint density at radius 1 is 0.514 bits per heavy atom. The first-order valence-electron chi connectivity index (χ1n) is 17.2. The Kier molecular flexibility index (Phi) is 13.1. The summed E-state index contributed by atoms with van der Waals surface area (Å²) in [6.45, 7) is 6.32. The second-order valence-corrected chi connectivity index (χ2v) is 13.9. The maximum Gasteiger partial charge on any atom is 0.0651 e. The highest BCUT2D eigenvalue weighted by atomic mass is 16.5. The maximum atomic E-state index is 5.94. The van der Waals surface area contributed by atoms with Gasteiger partial charge in [0, 0.05) is 0 Å². The largest absolute Gasteiger partial charge is 0.373 e. The molecule has 37 heavy (non-hydrogen) atoms. The highest BCUT2D eigenvalue weighted by Crippen LogP contribution is 2.44. The molecule has 0 unspecified atom stereocenters. The van der Waals surface area contributed by atoms with Crippen molar-refractivity contribution in [3.05, 3.63) is 24.3 Å². The summed E-state index contributed by atoms with van der Waals surface area (Å²) in [5.41, 5.74) is 0. The second kappa shape index (κ2) is 16.5. The van der Waals surface area contributed by atoms with E-state index in [4.69, 9.17) is 4.74 Å². The van der Waals surface area contributed by atoms with E-state index in [-0.39, 0.29) is 0 Å². The van der Waals surface area contributed by atoms with Gasteiger partial charge in [-0.15, -0.1) is 0 Å². The third kappa shape index (κ3) is 9.85. The molecule has 0 spiro atoms. The van der Waals surface area contributed by atoms with Gasteiger partial charge in [0.05, 0.1) is 13.2 Å². The minimum atomic E-state index is 0.791. The molecular weight excluding hydrogens is 448 g/mol. The van der Waals surface area contributed by atoms with Crippen molar-refractivity contribution in [2.75, 3.05) is 13.2 Å². The van der Waals surface area contributed by atoms with Crippen molar-refractivity contribution >= 4 is 0 Å². The first kappa shape index (κ1) is 29.4. The quantitative estimate of drug-likeness (QED) is 0.187. The smallest absolute Gasteiger partial charge is 0.0651 e. The average Bonchev–Trinajstić information content (AvgIpc) is 2.94. The molecule has 0 heterocycles. The van der Waals surface area contributed by atoms with Gasteiger partial charge in [0.1, 0.15) is 0 Å². The normalized spacial score (nSPS) is 37.9. The molecule has 212 valence electrons. The van der Waals surface area contributed by atoms with Crippen LogP contribution < -0.4 is 0 Å². The molecule has 1 nitrogen and oxygen atoms in total. The summed E-state index contributed by atoms with van der Waals surface area (Å²) >= 11 is 0. The number of hydrogen-bond acceptors (Lipinski definition) is 1. The molecule has 0 radical (unpaired) electrons. The van der Waals surface area contributed by atoms with Gasteiger partial charge in [-0.3, -0.25) is 0 Å². The Balaban J connectivity index is 1.03. The molecule has 0 aliphatic heterocycles. The minimum absolute atomic E-state index is 0.791. The van der Waals surface area contributed by atoms with Gasteiger partial charge < -0.3 is 4.74 Å². The lowest BCUT2D eigenvalue weighted by atomic mass is 9.68. The first-order valence-corrected chi connectivity index (χ1v) is 17.2. The second-order valence-electron chi connectivity index (χ2n) is 13.9. The Morgan fingerprint density at radius 2 is 0.946 bits per heavy atom. The molecule has 4 rings (SSSR count). The molecule has 0 bridgehead atoms. The molecule has 0 aromatic rings. The number of ether oxygens (including phenoxy) is 1. The van der Waals surface area contributed by atoms with Gasteiger partial charge in [-0.25, -0.2) is 0 Å². The average molecular weight is 511 g/mol. The van der Waals surface area contributed by atoms with E-state index < -0.39 is 0 Å². The maximum absolute atomic E-state index is 5.94. The van der Waals surface area contributed by atoms with Crippen LogP contribution in [-0.2, 0) is 4.74 Å². The van der Waals surface area contributed by atoms with Crippen LogP contribution in [0, 0.1) is 47.3 Å². The summed E-state index contributed by atoms with van der Waals surface area (Å²) in [4.78, 5) is 0. The van der Waals surface area contributed by atoms with Crippen LogP contribution >= 0.6 is 0 Å². The van der Waals surface area contributed by atoms with Crippen molar-refractivity contribution in [1.29, 1.82) is 0 Å². The zero-order valence-corrected chi connectivity index (χ0v) is 24.9. The lowest BCUT2D eigenvalue weighted by molar-refractivity contribution is 0.143. The van der Waals surface area contributed by atoms with Crippen molar-refractivity contribution in [1.82, 2.24) is 0 Å². The van der Waals surface area contributed by atoms with Gasteiger partial charge in [0.2, 0.25) is 0 Å². The Labute approximate surface area is 231 Å².